The Balaban J connectivity index is 1.38. The molecule has 1 aliphatic heterocycles. The van der Waals surface area contributed by atoms with E-state index in [1.807, 2.05) is 36.6 Å². The Morgan fingerprint density at radius 1 is 1.17 bits per heavy atom. The number of nitrogens with zero attached hydrogens (tertiary/aromatic N) is 2. The maximum Gasteiger partial charge on any atom is 0.252 e. The van der Waals surface area contributed by atoms with Gasteiger partial charge in [-0.05, 0) is 43.3 Å². The molecule has 6 nitrogen and oxygen atoms in total. The van der Waals surface area contributed by atoms with Gasteiger partial charge in [0.1, 0.15) is 4.21 Å². The van der Waals surface area contributed by atoms with Crippen LogP contribution in [-0.4, -0.2) is 36.7 Å². The maximum absolute atomic E-state index is 12.7. The molecule has 0 bridgehead atoms. The number of sulfonamides is 1. The minimum Gasteiger partial charge on any atom is -0.326 e. The Hall–Kier alpha value is -2.07. The smallest absolute Gasteiger partial charge is 0.252 e. The number of hydrogen-bond acceptors (Lipinski definition) is 6. The van der Waals surface area contributed by atoms with Crippen LogP contribution in [0.4, 0.5) is 5.69 Å². The molecule has 2 aromatic heterocycles. The van der Waals surface area contributed by atoms with Gasteiger partial charge in [-0.1, -0.05) is 18.2 Å². The van der Waals surface area contributed by atoms with Crippen molar-refractivity contribution in [2.75, 3.05) is 18.4 Å². The van der Waals surface area contributed by atoms with Crippen molar-refractivity contribution < 1.29 is 13.2 Å². The van der Waals surface area contributed by atoms with Gasteiger partial charge in [0, 0.05) is 35.6 Å². The monoisotopic (exact) mass is 447 g/mol. The quantitative estimate of drug-likeness (QED) is 0.635. The molecule has 1 saturated heterocycles. The lowest BCUT2D eigenvalue weighted by Crippen LogP contribution is -2.41. The fourth-order valence-corrected chi connectivity index (χ4v) is 6.63. The summed E-state index contributed by atoms with van der Waals surface area (Å²) in [7, 11) is -3.45. The third kappa shape index (κ3) is 4.42. The fraction of sp³-hybridized carbons (Fsp3) is 0.300. The molecule has 1 aromatic carbocycles. The zero-order valence-corrected chi connectivity index (χ0v) is 18.3. The molecule has 4 rings (SSSR count). The number of rotatable bonds is 5. The SMILES string of the molecule is Cc1nc(-c2cccc(NC(=O)C3CCN(S(=O)(=O)c4cccs4)CC3)c2)cs1. The van der Waals surface area contributed by atoms with Gasteiger partial charge in [-0.2, -0.15) is 4.31 Å². The maximum atomic E-state index is 12.7. The molecule has 1 fully saturated rings. The highest BCUT2D eigenvalue weighted by molar-refractivity contribution is 7.91. The van der Waals surface area contributed by atoms with Gasteiger partial charge in [0.25, 0.3) is 10.0 Å². The molecular weight excluding hydrogens is 426 g/mol. The summed E-state index contributed by atoms with van der Waals surface area (Å²) < 4.78 is 27.1. The van der Waals surface area contributed by atoms with Crippen molar-refractivity contribution in [1.82, 2.24) is 9.29 Å². The van der Waals surface area contributed by atoms with Gasteiger partial charge in [0.15, 0.2) is 0 Å². The number of anilines is 1. The van der Waals surface area contributed by atoms with E-state index in [1.165, 1.54) is 15.6 Å². The normalized spacial score (nSPS) is 16.0. The van der Waals surface area contributed by atoms with E-state index in [9.17, 15) is 13.2 Å². The zero-order chi connectivity index (χ0) is 20.4. The number of nitrogens with one attached hydrogen (secondary N) is 1. The Labute approximate surface area is 178 Å². The van der Waals surface area contributed by atoms with Crippen LogP contribution in [-0.2, 0) is 14.8 Å². The third-order valence-corrected chi connectivity index (χ3v) is 9.00. The number of thiophene rings is 1. The van der Waals surface area contributed by atoms with E-state index in [1.54, 1.807) is 28.8 Å². The van der Waals surface area contributed by atoms with E-state index in [4.69, 9.17) is 0 Å². The highest BCUT2D eigenvalue weighted by Gasteiger charge is 2.32. The first kappa shape index (κ1) is 20.2. The van der Waals surface area contributed by atoms with Crippen molar-refractivity contribution >= 4 is 44.3 Å². The van der Waals surface area contributed by atoms with E-state index in [2.05, 4.69) is 10.3 Å². The number of piperidine rings is 1. The fourth-order valence-electron chi connectivity index (χ4n) is 3.39. The molecule has 0 radical (unpaired) electrons. The molecule has 3 aromatic rings. The van der Waals surface area contributed by atoms with Gasteiger partial charge in [-0.25, -0.2) is 13.4 Å². The van der Waals surface area contributed by atoms with Crippen molar-refractivity contribution in [3.8, 4) is 11.3 Å². The summed E-state index contributed by atoms with van der Waals surface area (Å²) in [6.45, 7) is 2.68. The lowest BCUT2D eigenvalue weighted by molar-refractivity contribution is -0.120. The summed E-state index contributed by atoms with van der Waals surface area (Å²) in [5, 5.41) is 7.74. The number of hydrogen-bond donors (Lipinski definition) is 1. The summed E-state index contributed by atoms with van der Waals surface area (Å²) in [5.74, 6) is -0.264. The first-order valence-electron chi connectivity index (χ1n) is 9.30. The van der Waals surface area contributed by atoms with Crippen LogP contribution in [0.2, 0.25) is 0 Å². The molecule has 1 amide bonds. The first-order chi connectivity index (χ1) is 13.9. The van der Waals surface area contributed by atoms with Crippen LogP contribution in [0.15, 0.2) is 51.4 Å². The molecule has 9 heteroatoms. The highest BCUT2D eigenvalue weighted by Crippen LogP contribution is 2.28. The molecule has 0 spiro atoms. The van der Waals surface area contributed by atoms with Crippen LogP contribution in [0.25, 0.3) is 11.3 Å². The number of benzene rings is 1. The van der Waals surface area contributed by atoms with Crippen LogP contribution in [0.5, 0.6) is 0 Å². The number of amides is 1. The number of aryl methyl sites for hydroxylation is 1. The molecule has 3 heterocycles. The van der Waals surface area contributed by atoms with Crippen molar-refractivity contribution in [3.05, 3.63) is 52.2 Å². The summed E-state index contributed by atoms with van der Waals surface area (Å²) in [6, 6.07) is 11.0. The van der Waals surface area contributed by atoms with Crippen LogP contribution >= 0.6 is 22.7 Å². The molecule has 0 atom stereocenters. The third-order valence-electron chi connectivity index (χ3n) is 4.96. The van der Waals surface area contributed by atoms with Crippen molar-refractivity contribution in [3.63, 3.8) is 0 Å². The summed E-state index contributed by atoms with van der Waals surface area (Å²) in [6.07, 6.45) is 1.03. The lowest BCUT2D eigenvalue weighted by atomic mass is 9.97. The van der Waals surface area contributed by atoms with Crippen molar-refractivity contribution in [1.29, 1.82) is 0 Å². The van der Waals surface area contributed by atoms with Crippen LogP contribution in [0.3, 0.4) is 0 Å². The Morgan fingerprint density at radius 3 is 2.62 bits per heavy atom. The number of thiazole rings is 1. The number of carbonyl (C=O) groups excluding carboxylic acids is 1. The Kier molecular flexibility index (Phi) is 5.82. The predicted octanol–water partition coefficient (Wildman–Crippen LogP) is 4.22. The average Bonchev–Trinajstić information content (AvgIpc) is 3.40. The van der Waals surface area contributed by atoms with Crippen LogP contribution in [0, 0.1) is 12.8 Å². The summed E-state index contributed by atoms with van der Waals surface area (Å²) in [5.41, 5.74) is 2.59. The molecule has 0 saturated carbocycles. The van der Waals surface area contributed by atoms with E-state index in [-0.39, 0.29) is 11.8 Å². The summed E-state index contributed by atoms with van der Waals surface area (Å²) in [4.78, 5) is 17.2. The number of carbonyl (C=O) groups is 1. The zero-order valence-electron chi connectivity index (χ0n) is 15.9. The van der Waals surface area contributed by atoms with Gasteiger partial charge < -0.3 is 5.32 Å². The molecule has 0 aliphatic carbocycles. The second-order valence-electron chi connectivity index (χ2n) is 6.93. The molecule has 29 heavy (non-hydrogen) atoms. The largest absolute Gasteiger partial charge is 0.326 e. The average molecular weight is 448 g/mol. The second-order valence-corrected chi connectivity index (χ2v) is 11.1. The van der Waals surface area contributed by atoms with E-state index in [0.717, 1.165) is 22.0 Å². The molecule has 0 unspecified atom stereocenters. The topological polar surface area (TPSA) is 79.4 Å². The first-order valence-corrected chi connectivity index (χ1v) is 12.5. The highest BCUT2D eigenvalue weighted by atomic mass is 32.2. The van der Waals surface area contributed by atoms with Crippen molar-refractivity contribution in [2.45, 2.75) is 24.0 Å². The van der Waals surface area contributed by atoms with Gasteiger partial charge >= 0.3 is 0 Å². The molecule has 1 aliphatic rings. The molecule has 152 valence electrons. The minimum atomic E-state index is -3.45. The van der Waals surface area contributed by atoms with Crippen molar-refractivity contribution in [2.24, 2.45) is 5.92 Å². The number of aromatic nitrogens is 1. The lowest BCUT2D eigenvalue weighted by Gasteiger charge is -2.30. The van der Waals surface area contributed by atoms with E-state index < -0.39 is 10.0 Å². The molecule has 1 N–H and O–H groups in total. The van der Waals surface area contributed by atoms with E-state index in [0.29, 0.717) is 30.1 Å². The van der Waals surface area contributed by atoms with Gasteiger partial charge in [-0.15, -0.1) is 22.7 Å². The van der Waals surface area contributed by atoms with Crippen LogP contribution < -0.4 is 5.32 Å². The van der Waals surface area contributed by atoms with Gasteiger partial charge in [0.05, 0.1) is 10.7 Å². The predicted molar refractivity (Wildman–Crippen MR) is 117 cm³/mol. The van der Waals surface area contributed by atoms with Gasteiger partial charge in [-0.3, -0.25) is 4.79 Å². The van der Waals surface area contributed by atoms with Crippen LogP contribution in [0.1, 0.15) is 17.8 Å². The molecular formula is C20H21N3O3S3. The Morgan fingerprint density at radius 2 is 1.97 bits per heavy atom. The van der Waals surface area contributed by atoms with Gasteiger partial charge in [0.2, 0.25) is 5.91 Å². The standard InChI is InChI=1S/C20H21N3O3S3/c1-14-21-18(13-28-14)16-4-2-5-17(12-16)22-20(24)15-7-9-23(10-8-15)29(25,26)19-6-3-11-27-19/h2-6,11-13,15H,7-10H2,1H3,(H,22,24). The summed E-state index contributed by atoms with van der Waals surface area (Å²) >= 11 is 2.81. The van der Waals surface area contributed by atoms with E-state index >= 15 is 0 Å². The Bertz CT molecular complexity index is 1100. The second kappa shape index (κ2) is 8.35. The minimum absolute atomic E-state index is 0.0650.